The van der Waals surface area contributed by atoms with Crippen molar-refractivity contribution < 1.29 is 22.7 Å². The molecule has 3 rings (SSSR count). The molecule has 0 spiro atoms. The van der Waals surface area contributed by atoms with Gasteiger partial charge in [-0.2, -0.15) is 0 Å². The summed E-state index contributed by atoms with van der Waals surface area (Å²) >= 11 is 0. The Morgan fingerprint density at radius 3 is 2.44 bits per heavy atom. The van der Waals surface area contributed by atoms with Crippen LogP contribution in [0.3, 0.4) is 0 Å². The van der Waals surface area contributed by atoms with E-state index in [9.17, 15) is 18.0 Å². The molecule has 9 heteroatoms. The lowest BCUT2D eigenvalue weighted by molar-refractivity contribution is -0.274. The number of para-hydroxylation sites is 3. The Hall–Kier alpha value is -3.36. The minimum atomic E-state index is -4.87. The van der Waals surface area contributed by atoms with Crippen molar-refractivity contribution in [1.29, 1.82) is 0 Å². The maximum atomic E-state index is 12.6. The lowest BCUT2D eigenvalue weighted by Crippen LogP contribution is -2.20. The Kier molecular flexibility index (Phi) is 5.11. The molecule has 27 heavy (non-hydrogen) atoms. The lowest BCUT2D eigenvalue weighted by atomic mass is 10.2. The van der Waals surface area contributed by atoms with Crippen molar-refractivity contribution >= 4 is 11.6 Å². The summed E-state index contributed by atoms with van der Waals surface area (Å²) in [5, 5.41) is 10.3. The second-order valence-electron chi connectivity index (χ2n) is 5.48. The van der Waals surface area contributed by atoms with Crippen LogP contribution in [0.25, 0.3) is 5.69 Å². The van der Waals surface area contributed by atoms with Crippen LogP contribution in [0.15, 0.2) is 54.6 Å². The number of rotatable bonds is 5. The standard InChI is InChI=1S/C18H15F3N4O2/c1-2-14-16(23-24-25(14)12-8-4-3-5-9-12)17(26)22-13-10-6-7-11-15(13)27-18(19,20)21/h3-11H,2H2,1H3,(H,22,26). The Morgan fingerprint density at radius 2 is 1.78 bits per heavy atom. The largest absolute Gasteiger partial charge is 0.573 e. The topological polar surface area (TPSA) is 69.0 Å². The van der Waals surface area contributed by atoms with Crippen molar-refractivity contribution in [3.05, 3.63) is 66.0 Å². The normalized spacial score (nSPS) is 11.3. The van der Waals surface area contributed by atoms with Gasteiger partial charge in [0.05, 0.1) is 17.1 Å². The molecule has 0 unspecified atom stereocenters. The summed E-state index contributed by atoms with van der Waals surface area (Å²) in [5.41, 5.74) is 1.17. The van der Waals surface area contributed by atoms with Crippen LogP contribution >= 0.6 is 0 Å². The highest BCUT2D eigenvalue weighted by Gasteiger charge is 2.32. The van der Waals surface area contributed by atoms with Gasteiger partial charge in [-0.3, -0.25) is 4.79 Å². The first-order chi connectivity index (χ1) is 12.9. The number of anilines is 1. The van der Waals surface area contributed by atoms with Crippen molar-refractivity contribution in [2.45, 2.75) is 19.7 Å². The molecule has 0 bridgehead atoms. The van der Waals surface area contributed by atoms with Crippen LogP contribution in [0.2, 0.25) is 0 Å². The first-order valence-corrected chi connectivity index (χ1v) is 8.05. The first kappa shape index (κ1) is 18.4. The number of amides is 1. The van der Waals surface area contributed by atoms with Gasteiger partial charge in [-0.1, -0.05) is 42.5 Å². The minimum absolute atomic E-state index is 0.0307. The van der Waals surface area contributed by atoms with Crippen LogP contribution in [0.4, 0.5) is 18.9 Å². The van der Waals surface area contributed by atoms with E-state index in [2.05, 4.69) is 20.4 Å². The third-order valence-electron chi connectivity index (χ3n) is 3.67. The molecule has 1 N–H and O–H groups in total. The number of alkyl halides is 3. The summed E-state index contributed by atoms with van der Waals surface area (Å²) < 4.78 is 43.1. The zero-order valence-electron chi connectivity index (χ0n) is 14.2. The highest BCUT2D eigenvalue weighted by molar-refractivity contribution is 6.04. The van der Waals surface area contributed by atoms with E-state index >= 15 is 0 Å². The molecule has 0 saturated heterocycles. The number of carbonyl (C=O) groups excluding carboxylic acids is 1. The van der Waals surface area contributed by atoms with Gasteiger partial charge >= 0.3 is 6.36 Å². The molecule has 0 aliphatic rings. The van der Waals surface area contributed by atoms with Crippen LogP contribution in [-0.4, -0.2) is 27.3 Å². The maximum Gasteiger partial charge on any atom is 0.573 e. The first-order valence-electron chi connectivity index (χ1n) is 8.05. The number of ether oxygens (including phenoxy) is 1. The number of benzene rings is 2. The monoisotopic (exact) mass is 376 g/mol. The molecule has 1 heterocycles. The van der Waals surface area contributed by atoms with Crippen molar-refractivity contribution in [3.8, 4) is 11.4 Å². The number of aromatic nitrogens is 3. The second-order valence-corrected chi connectivity index (χ2v) is 5.48. The molecule has 0 atom stereocenters. The Labute approximate surface area is 152 Å². The summed E-state index contributed by atoms with van der Waals surface area (Å²) in [7, 11) is 0. The van der Waals surface area contributed by atoms with Gasteiger partial charge in [-0.05, 0) is 30.7 Å². The Morgan fingerprint density at radius 1 is 1.11 bits per heavy atom. The van der Waals surface area contributed by atoms with Gasteiger partial charge in [0, 0.05) is 0 Å². The molecule has 2 aromatic carbocycles. The van der Waals surface area contributed by atoms with E-state index in [1.165, 1.54) is 22.9 Å². The molecule has 0 aliphatic heterocycles. The van der Waals surface area contributed by atoms with Gasteiger partial charge in [0.1, 0.15) is 0 Å². The molecule has 6 nitrogen and oxygen atoms in total. The fraction of sp³-hybridized carbons (Fsp3) is 0.167. The molecule has 0 aliphatic carbocycles. The Bertz CT molecular complexity index is 939. The van der Waals surface area contributed by atoms with Gasteiger partial charge < -0.3 is 10.1 Å². The zero-order chi connectivity index (χ0) is 19.4. The van der Waals surface area contributed by atoms with Crippen molar-refractivity contribution in [1.82, 2.24) is 15.0 Å². The number of hydrogen-bond donors (Lipinski definition) is 1. The highest BCUT2D eigenvalue weighted by atomic mass is 19.4. The van der Waals surface area contributed by atoms with Gasteiger partial charge in [0.2, 0.25) is 0 Å². The molecule has 0 radical (unpaired) electrons. The van der Waals surface area contributed by atoms with E-state index in [0.29, 0.717) is 12.1 Å². The van der Waals surface area contributed by atoms with Gasteiger partial charge in [-0.15, -0.1) is 18.3 Å². The molecule has 0 fully saturated rings. The minimum Gasteiger partial charge on any atom is -0.404 e. The van der Waals surface area contributed by atoms with Crippen molar-refractivity contribution in [2.75, 3.05) is 5.32 Å². The molecule has 0 saturated carbocycles. The zero-order valence-corrected chi connectivity index (χ0v) is 14.2. The van der Waals surface area contributed by atoms with Crippen molar-refractivity contribution in [2.24, 2.45) is 0 Å². The third kappa shape index (κ3) is 4.25. The molecule has 1 amide bonds. The van der Waals surface area contributed by atoms with E-state index in [4.69, 9.17) is 0 Å². The van der Waals surface area contributed by atoms with E-state index in [1.807, 2.05) is 37.3 Å². The molecule has 3 aromatic rings. The van der Waals surface area contributed by atoms with Crippen LogP contribution < -0.4 is 10.1 Å². The molecule has 140 valence electrons. The molecular weight excluding hydrogens is 361 g/mol. The predicted octanol–water partition coefficient (Wildman–Crippen LogP) is 3.98. The van der Waals surface area contributed by atoms with E-state index in [-0.39, 0.29) is 11.4 Å². The van der Waals surface area contributed by atoms with E-state index in [0.717, 1.165) is 11.8 Å². The van der Waals surface area contributed by atoms with Crippen LogP contribution in [-0.2, 0) is 6.42 Å². The van der Waals surface area contributed by atoms with Gasteiger partial charge in [0.15, 0.2) is 11.4 Å². The fourth-order valence-electron chi connectivity index (χ4n) is 2.54. The fourth-order valence-corrected chi connectivity index (χ4v) is 2.54. The van der Waals surface area contributed by atoms with E-state index in [1.54, 1.807) is 0 Å². The highest BCUT2D eigenvalue weighted by Crippen LogP contribution is 2.30. The number of hydrogen-bond acceptors (Lipinski definition) is 4. The van der Waals surface area contributed by atoms with Gasteiger partial charge in [0.25, 0.3) is 5.91 Å². The molecular formula is C18H15F3N4O2. The molecule has 1 aromatic heterocycles. The third-order valence-corrected chi connectivity index (χ3v) is 3.67. The summed E-state index contributed by atoms with van der Waals surface area (Å²) in [5.74, 6) is -1.18. The smallest absolute Gasteiger partial charge is 0.404 e. The summed E-state index contributed by atoms with van der Waals surface area (Å²) in [6, 6.07) is 14.4. The van der Waals surface area contributed by atoms with Crippen LogP contribution in [0, 0.1) is 0 Å². The van der Waals surface area contributed by atoms with Crippen molar-refractivity contribution in [3.63, 3.8) is 0 Å². The average molecular weight is 376 g/mol. The average Bonchev–Trinajstić information content (AvgIpc) is 3.07. The number of nitrogens with one attached hydrogen (secondary N) is 1. The van der Waals surface area contributed by atoms with Gasteiger partial charge in [-0.25, -0.2) is 4.68 Å². The van der Waals surface area contributed by atoms with E-state index < -0.39 is 18.0 Å². The summed E-state index contributed by atoms with van der Waals surface area (Å²) in [6.45, 7) is 1.83. The predicted molar refractivity (Wildman–Crippen MR) is 91.8 cm³/mol. The maximum absolute atomic E-state index is 12.6. The van der Waals surface area contributed by atoms with Crippen LogP contribution in [0.1, 0.15) is 23.1 Å². The summed E-state index contributed by atoms with van der Waals surface area (Å²) in [6.07, 6.45) is -4.42. The number of halogens is 3. The number of nitrogens with zero attached hydrogens (tertiary/aromatic N) is 3. The number of carbonyl (C=O) groups is 1. The van der Waals surface area contributed by atoms with Crippen LogP contribution in [0.5, 0.6) is 5.75 Å². The summed E-state index contributed by atoms with van der Waals surface area (Å²) in [4.78, 5) is 12.6. The lowest BCUT2D eigenvalue weighted by Gasteiger charge is -2.13. The SMILES string of the molecule is CCc1c(C(=O)Nc2ccccc2OC(F)(F)F)nnn1-c1ccccc1. The quantitative estimate of drug-likeness (QED) is 0.731. The second kappa shape index (κ2) is 7.48. The Balaban J connectivity index is 1.89.